The lowest BCUT2D eigenvalue weighted by atomic mass is 10.1. The van der Waals surface area contributed by atoms with Gasteiger partial charge in [0, 0.05) is 60.5 Å². The highest BCUT2D eigenvalue weighted by molar-refractivity contribution is 5.94. The van der Waals surface area contributed by atoms with Crippen molar-refractivity contribution < 1.29 is 8.78 Å². The van der Waals surface area contributed by atoms with Gasteiger partial charge in [0.2, 0.25) is 0 Å². The van der Waals surface area contributed by atoms with Crippen LogP contribution in [0.1, 0.15) is 18.5 Å². The second-order valence-corrected chi connectivity index (χ2v) is 8.86. The van der Waals surface area contributed by atoms with Crippen LogP contribution in [-0.4, -0.2) is 38.4 Å². The van der Waals surface area contributed by atoms with Crippen molar-refractivity contribution in [3.05, 3.63) is 78.9 Å². The van der Waals surface area contributed by atoms with Crippen LogP contribution in [0.2, 0.25) is 0 Å². The first-order valence-corrected chi connectivity index (χ1v) is 11.4. The Hall–Kier alpha value is -3.87. The number of fused-ring (bicyclic) bond motifs is 2. The molecule has 170 valence electrons. The van der Waals surface area contributed by atoms with Crippen molar-refractivity contribution in [3.63, 3.8) is 0 Å². The Balaban J connectivity index is 1.32. The van der Waals surface area contributed by atoms with E-state index in [0.29, 0.717) is 13.1 Å². The normalized spacial score (nSPS) is 15.8. The van der Waals surface area contributed by atoms with Gasteiger partial charge in [0.05, 0.1) is 17.4 Å². The van der Waals surface area contributed by atoms with Crippen molar-refractivity contribution in [1.82, 2.24) is 19.4 Å². The molecular formula is C27H23F2N5. The number of benzene rings is 1. The molecule has 0 bridgehead atoms. The third-order valence-corrected chi connectivity index (χ3v) is 6.53. The molecule has 0 unspecified atom stereocenters. The highest BCUT2D eigenvalue weighted by atomic mass is 19.3. The van der Waals surface area contributed by atoms with Gasteiger partial charge in [-0.05, 0) is 48.9 Å². The first-order valence-electron chi connectivity index (χ1n) is 11.4. The number of halogens is 2. The Morgan fingerprint density at radius 1 is 0.882 bits per heavy atom. The minimum absolute atomic E-state index is 0.123. The molecule has 1 fully saturated rings. The summed E-state index contributed by atoms with van der Waals surface area (Å²) in [4.78, 5) is 15.8. The summed E-state index contributed by atoms with van der Waals surface area (Å²) in [6.07, 6.45) is 5.48. The number of piperidine rings is 1. The number of aromatic nitrogens is 4. The van der Waals surface area contributed by atoms with Gasteiger partial charge >= 0.3 is 0 Å². The van der Waals surface area contributed by atoms with Crippen molar-refractivity contribution in [3.8, 4) is 22.4 Å². The molecule has 0 spiro atoms. The summed E-state index contributed by atoms with van der Waals surface area (Å²) < 4.78 is 29.0. The summed E-state index contributed by atoms with van der Waals surface area (Å²) >= 11 is 0. The zero-order chi connectivity index (χ0) is 23.3. The lowest BCUT2D eigenvalue weighted by molar-refractivity contribution is -0.0221. The van der Waals surface area contributed by atoms with Crippen LogP contribution in [0.15, 0.2) is 73.2 Å². The van der Waals surface area contributed by atoms with Crippen molar-refractivity contribution >= 4 is 22.4 Å². The largest absolute Gasteiger partial charge is 0.356 e. The number of anilines is 1. The molecule has 5 aromatic rings. The van der Waals surface area contributed by atoms with E-state index in [0.717, 1.165) is 50.4 Å². The molecule has 1 aliphatic heterocycles. The van der Waals surface area contributed by atoms with E-state index < -0.39 is 5.92 Å². The van der Waals surface area contributed by atoms with Gasteiger partial charge in [-0.15, -0.1) is 0 Å². The molecule has 5 heterocycles. The topological polar surface area (TPSA) is 46.3 Å². The number of rotatable bonds is 3. The Labute approximate surface area is 195 Å². The molecular weight excluding hydrogens is 432 g/mol. The lowest BCUT2D eigenvalue weighted by Crippen LogP contribution is -2.39. The van der Waals surface area contributed by atoms with Crippen LogP contribution in [0.25, 0.3) is 38.9 Å². The highest BCUT2D eigenvalue weighted by Crippen LogP contribution is 2.32. The zero-order valence-electron chi connectivity index (χ0n) is 18.7. The van der Waals surface area contributed by atoms with Crippen molar-refractivity contribution in [2.75, 3.05) is 18.0 Å². The Morgan fingerprint density at radius 2 is 1.71 bits per heavy atom. The standard InChI is InChI=1S/C27H23F2N5/c1-18-14-22(21-4-2-3-5-23(21)32-18)24-17-31-26-15-19(8-11-34(24)26)20-6-7-25(30-16-20)33-12-9-27(28,29)10-13-33/h2-8,11,14-17H,9-10,12-13H2,1H3. The van der Waals surface area contributed by atoms with E-state index in [-0.39, 0.29) is 12.8 Å². The molecule has 1 aliphatic rings. The van der Waals surface area contributed by atoms with E-state index in [1.54, 1.807) is 6.20 Å². The SMILES string of the molecule is Cc1cc(-c2cnc3cc(-c4ccc(N5CCC(F)(F)CC5)nc4)ccn23)c2ccccc2n1. The predicted octanol–water partition coefficient (Wildman–Crippen LogP) is 6.16. The number of alkyl halides is 2. The number of pyridine rings is 3. The third-order valence-electron chi connectivity index (χ3n) is 6.53. The summed E-state index contributed by atoms with van der Waals surface area (Å²) in [6, 6.07) is 18.2. The van der Waals surface area contributed by atoms with Crippen LogP contribution in [0.3, 0.4) is 0 Å². The molecule has 0 amide bonds. The highest BCUT2D eigenvalue weighted by Gasteiger charge is 2.34. The van der Waals surface area contributed by atoms with Crippen molar-refractivity contribution in [2.24, 2.45) is 0 Å². The number of para-hydroxylation sites is 1. The third kappa shape index (κ3) is 3.67. The maximum absolute atomic E-state index is 13.5. The second-order valence-electron chi connectivity index (χ2n) is 8.86. The Bertz CT molecular complexity index is 1500. The van der Waals surface area contributed by atoms with Gasteiger partial charge in [-0.25, -0.2) is 18.7 Å². The first-order chi connectivity index (χ1) is 16.5. The molecule has 1 saturated heterocycles. The molecule has 7 heteroatoms. The zero-order valence-corrected chi connectivity index (χ0v) is 18.7. The maximum atomic E-state index is 13.5. The van der Waals surface area contributed by atoms with Crippen LogP contribution in [0.5, 0.6) is 0 Å². The lowest BCUT2D eigenvalue weighted by Gasteiger charge is -2.32. The average Bonchev–Trinajstić information content (AvgIpc) is 3.27. The van der Waals surface area contributed by atoms with Gasteiger partial charge in [-0.1, -0.05) is 18.2 Å². The Morgan fingerprint density at radius 3 is 2.50 bits per heavy atom. The number of aryl methyl sites for hydroxylation is 1. The second kappa shape index (κ2) is 7.87. The molecule has 34 heavy (non-hydrogen) atoms. The van der Waals surface area contributed by atoms with Crippen LogP contribution >= 0.6 is 0 Å². The van der Waals surface area contributed by atoms with E-state index in [1.807, 2.05) is 66.7 Å². The first kappa shape index (κ1) is 20.7. The minimum atomic E-state index is -2.56. The quantitative estimate of drug-likeness (QED) is 0.327. The van der Waals surface area contributed by atoms with Crippen LogP contribution < -0.4 is 4.90 Å². The van der Waals surface area contributed by atoms with Crippen molar-refractivity contribution in [2.45, 2.75) is 25.7 Å². The molecule has 0 N–H and O–H groups in total. The smallest absolute Gasteiger partial charge is 0.251 e. The average molecular weight is 456 g/mol. The maximum Gasteiger partial charge on any atom is 0.251 e. The molecule has 0 atom stereocenters. The summed E-state index contributed by atoms with van der Waals surface area (Å²) in [5.41, 5.74) is 6.85. The van der Waals surface area contributed by atoms with Gasteiger partial charge in [-0.3, -0.25) is 9.38 Å². The minimum Gasteiger partial charge on any atom is -0.356 e. The van der Waals surface area contributed by atoms with Gasteiger partial charge < -0.3 is 4.90 Å². The molecule has 0 radical (unpaired) electrons. The van der Waals surface area contributed by atoms with Gasteiger partial charge in [0.15, 0.2) is 0 Å². The van der Waals surface area contributed by atoms with Crippen LogP contribution in [0, 0.1) is 6.92 Å². The summed E-state index contributed by atoms with van der Waals surface area (Å²) in [5.74, 6) is -1.82. The summed E-state index contributed by atoms with van der Waals surface area (Å²) in [7, 11) is 0. The molecule has 0 saturated carbocycles. The van der Waals surface area contributed by atoms with E-state index in [9.17, 15) is 8.78 Å². The molecule has 4 aromatic heterocycles. The molecule has 5 nitrogen and oxygen atoms in total. The van der Waals surface area contributed by atoms with Crippen molar-refractivity contribution in [1.29, 1.82) is 0 Å². The predicted molar refractivity (Wildman–Crippen MR) is 130 cm³/mol. The fourth-order valence-electron chi connectivity index (χ4n) is 4.69. The van der Waals surface area contributed by atoms with Gasteiger partial charge in [-0.2, -0.15) is 0 Å². The van der Waals surface area contributed by atoms with Crippen LogP contribution in [0.4, 0.5) is 14.6 Å². The monoisotopic (exact) mass is 455 g/mol. The van der Waals surface area contributed by atoms with Gasteiger partial charge in [0.25, 0.3) is 5.92 Å². The Kier molecular flexibility index (Phi) is 4.79. The molecule has 6 rings (SSSR count). The van der Waals surface area contributed by atoms with E-state index >= 15 is 0 Å². The number of hydrogen-bond acceptors (Lipinski definition) is 4. The van der Waals surface area contributed by atoms with E-state index in [2.05, 4.69) is 31.5 Å². The fraction of sp³-hybridized carbons (Fsp3) is 0.222. The number of nitrogens with zero attached hydrogens (tertiary/aromatic N) is 5. The fourth-order valence-corrected chi connectivity index (χ4v) is 4.69. The molecule has 0 aliphatic carbocycles. The van der Waals surface area contributed by atoms with E-state index in [4.69, 9.17) is 0 Å². The van der Waals surface area contributed by atoms with Gasteiger partial charge in [0.1, 0.15) is 11.5 Å². The molecule has 1 aromatic carbocycles. The number of imidazole rings is 1. The number of hydrogen-bond donors (Lipinski definition) is 0. The van der Waals surface area contributed by atoms with Crippen LogP contribution in [-0.2, 0) is 0 Å². The van der Waals surface area contributed by atoms with E-state index in [1.165, 1.54) is 0 Å². The summed E-state index contributed by atoms with van der Waals surface area (Å²) in [6.45, 7) is 2.65. The summed E-state index contributed by atoms with van der Waals surface area (Å²) in [5, 5.41) is 1.09.